The van der Waals surface area contributed by atoms with Crippen molar-refractivity contribution in [3.63, 3.8) is 0 Å². The minimum atomic E-state index is 0. The molecule has 3 fully saturated rings. The summed E-state index contributed by atoms with van der Waals surface area (Å²) < 4.78 is 5.51. The molecule has 1 atom stereocenters. The molecule has 1 N–H and O–H groups in total. The molecule has 4 rings (SSSR count). The van der Waals surface area contributed by atoms with Gasteiger partial charge >= 0.3 is 0 Å². The van der Waals surface area contributed by atoms with Gasteiger partial charge in [0.05, 0.1) is 6.61 Å². The molecule has 2 bridgehead atoms. The average Bonchev–Trinajstić information content (AvgIpc) is 2.65. The lowest BCUT2D eigenvalue weighted by Gasteiger charge is -2.47. The summed E-state index contributed by atoms with van der Waals surface area (Å²) in [5.41, 5.74) is 1.25. The smallest absolute Gasteiger partial charge is 0.193 e. The lowest BCUT2D eigenvalue weighted by Crippen LogP contribution is -2.63. The third kappa shape index (κ3) is 5.47. The topological polar surface area (TPSA) is 43.3 Å². The van der Waals surface area contributed by atoms with Crippen LogP contribution in [-0.2, 0) is 6.54 Å². The molecule has 0 amide bonds. The van der Waals surface area contributed by atoms with E-state index in [-0.39, 0.29) is 24.0 Å². The van der Waals surface area contributed by atoms with Gasteiger partial charge < -0.3 is 15.0 Å². The van der Waals surface area contributed by atoms with Crippen molar-refractivity contribution in [2.75, 3.05) is 60.0 Å². The summed E-state index contributed by atoms with van der Waals surface area (Å²) in [5, 5.41) is 3.56. The van der Waals surface area contributed by atoms with Crippen LogP contribution in [0, 0.1) is 0 Å². The van der Waals surface area contributed by atoms with E-state index in [0.29, 0.717) is 12.6 Å². The second-order valence-electron chi connectivity index (χ2n) is 6.85. The lowest BCUT2D eigenvalue weighted by atomic mass is 10.1. The molecule has 26 heavy (non-hydrogen) atoms. The van der Waals surface area contributed by atoms with E-state index in [1.54, 1.807) is 0 Å². The van der Waals surface area contributed by atoms with E-state index < -0.39 is 0 Å². The second kappa shape index (κ2) is 10.3. The zero-order valence-electron chi connectivity index (χ0n) is 16.1. The molecule has 0 aliphatic carbocycles. The molecule has 0 spiro atoms. The van der Waals surface area contributed by atoms with Gasteiger partial charge in [-0.05, 0) is 24.6 Å². The first-order chi connectivity index (χ1) is 12.2. The number of hydrogen-bond donors (Lipinski definition) is 1. The zero-order valence-corrected chi connectivity index (χ0v) is 18.5. The number of halogens is 1. The Labute approximate surface area is 174 Å². The maximum absolute atomic E-state index is 5.51. The maximum Gasteiger partial charge on any atom is 0.193 e. The van der Waals surface area contributed by atoms with Crippen molar-refractivity contribution >= 4 is 29.9 Å². The number of piperazine rings is 3. The van der Waals surface area contributed by atoms with Gasteiger partial charge in [-0.15, -0.1) is 24.0 Å². The highest BCUT2D eigenvalue weighted by Gasteiger charge is 2.31. The van der Waals surface area contributed by atoms with E-state index in [9.17, 15) is 0 Å². The Morgan fingerprint density at radius 2 is 1.92 bits per heavy atom. The first-order valence-corrected chi connectivity index (χ1v) is 9.29. The molecule has 146 valence electrons. The molecular formula is C19H32IN5O. The first-order valence-electron chi connectivity index (χ1n) is 9.29. The lowest BCUT2D eigenvalue weighted by molar-refractivity contribution is 0.0152. The molecule has 1 aromatic rings. The van der Waals surface area contributed by atoms with Crippen molar-refractivity contribution in [2.45, 2.75) is 19.5 Å². The van der Waals surface area contributed by atoms with E-state index in [1.807, 2.05) is 26.1 Å². The summed E-state index contributed by atoms with van der Waals surface area (Å²) in [6, 6.07) is 8.90. The van der Waals surface area contributed by atoms with Crippen LogP contribution in [0.2, 0.25) is 0 Å². The number of hydrogen-bond acceptors (Lipinski definition) is 4. The van der Waals surface area contributed by atoms with Crippen molar-refractivity contribution in [2.24, 2.45) is 4.99 Å². The molecule has 3 heterocycles. The fourth-order valence-electron chi connectivity index (χ4n) is 3.72. The third-order valence-electron chi connectivity index (χ3n) is 5.12. The Balaban J connectivity index is 0.00000243. The molecule has 0 radical (unpaired) electrons. The van der Waals surface area contributed by atoms with Crippen LogP contribution in [0.3, 0.4) is 0 Å². The minimum Gasteiger partial charge on any atom is -0.494 e. The molecule has 1 unspecified atom stereocenters. The van der Waals surface area contributed by atoms with Gasteiger partial charge in [-0.3, -0.25) is 14.8 Å². The van der Waals surface area contributed by atoms with Crippen LogP contribution in [0.1, 0.15) is 12.5 Å². The van der Waals surface area contributed by atoms with Crippen LogP contribution in [0.4, 0.5) is 0 Å². The third-order valence-corrected chi connectivity index (χ3v) is 5.12. The van der Waals surface area contributed by atoms with Gasteiger partial charge in [0.15, 0.2) is 5.96 Å². The molecule has 0 saturated carbocycles. The number of rotatable bonds is 6. The van der Waals surface area contributed by atoms with Gasteiger partial charge in [-0.2, -0.15) is 0 Å². The molecule has 0 aromatic heterocycles. The highest BCUT2D eigenvalue weighted by atomic mass is 127. The monoisotopic (exact) mass is 473 g/mol. The quantitative estimate of drug-likeness (QED) is 0.387. The Kier molecular flexibility index (Phi) is 8.43. The van der Waals surface area contributed by atoms with E-state index >= 15 is 0 Å². The normalized spacial score (nSPS) is 24.7. The van der Waals surface area contributed by atoms with Crippen LogP contribution >= 0.6 is 24.0 Å². The van der Waals surface area contributed by atoms with Crippen molar-refractivity contribution in [1.29, 1.82) is 0 Å². The summed E-state index contributed by atoms with van der Waals surface area (Å²) >= 11 is 0. The number of aliphatic imine (C=N–C) groups is 1. The van der Waals surface area contributed by atoms with Crippen molar-refractivity contribution < 1.29 is 4.74 Å². The standard InChI is InChI=1S/C19H31N5O.HI/c1-4-25-18-7-5-16(6-8-18)14-22(3)19(20-2)21-13-17-15-23-9-11-24(17)12-10-23;/h5-8,17H,4,9-15H2,1-3H3,(H,20,21);1H. The highest BCUT2D eigenvalue weighted by molar-refractivity contribution is 14.0. The van der Waals surface area contributed by atoms with Gasteiger partial charge in [0.1, 0.15) is 5.75 Å². The van der Waals surface area contributed by atoms with Gasteiger partial charge in [0.2, 0.25) is 0 Å². The summed E-state index contributed by atoms with van der Waals surface area (Å²) in [6.07, 6.45) is 0. The first kappa shape index (κ1) is 21.2. The van der Waals surface area contributed by atoms with Crippen LogP contribution in [0.25, 0.3) is 0 Å². The summed E-state index contributed by atoms with van der Waals surface area (Å²) in [4.78, 5) is 11.8. The predicted molar refractivity (Wildman–Crippen MR) is 118 cm³/mol. The number of benzene rings is 1. The van der Waals surface area contributed by atoms with E-state index in [1.165, 1.54) is 38.3 Å². The average molecular weight is 473 g/mol. The molecule has 1 aromatic carbocycles. The van der Waals surface area contributed by atoms with Crippen LogP contribution in [-0.4, -0.2) is 86.7 Å². The number of nitrogens with zero attached hydrogens (tertiary/aromatic N) is 4. The van der Waals surface area contributed by atoms with Crippen LogP contribution in [0.5, 0.6) is 5.75 Å². The Hall–Kier alpha value is -1.06. The van der Waals surface area contributed by atoms with Gasteiger partial charge in [-0.1, -0.05) is 12.1 Å². The summed E-state index contributed by atoms with van der Waals surface area (Å²) in [5.74, 6) is 1.87. The molecule has 6 nitrogen and oxygen atoms in total. The van der Waals surface area contributed by atoms with E-state index in [2.05, 4.69) is 44.2 Å². The number of fused-ring (bicyclic) bond motifs is 3. The van der Waals surface area contributed by atoms with E-state index in [4.69, 9.17) is 4.74 Å². The second-order valence-corrected chi connectivity index (χ2v) is 6.85. The van der Waals surface area contributed by atoms with Crippen LogP contribution < -0.4 is 10.1 Å². The summed E-state index contributed by atoms with van der Waals surface area (Å²) in [7, 11) is 3.94. The van der Waals surface area contributed by atoms with Gasteiger partial charge in [0.25, 0.3) is 0 Å². The largest absolute Gasteiger partial charge is 0.494 e. The molecular weight excluding hydrogens is 441 g/mol. The molecule has 3 saturated heterocycles. The highest BCUT2D eigenvalue weighted by Crippen LogP contribution is 2.15. The predicted octanol–water partition coefficient (Wildman–Crippen LogP) is 1.71. The fraction of sp³-hybridized carbons (Fsp3) is 0.632. The summed E-state index contributed by atoms with van der Waals surface area (Å²) in [6.45, 7) is 10.5. The van der Waals surface area contributed by atoms with Gasteiger partial charge in [-0.25, -0.2) is 0 Å². The number of nitrogens with one attached hydrogen (secondary N) is 1. The Morgan fingerprint density at radius 3 is 2.46 bits per heavy atom. The van der Waals surface area contributed by atoms with E-state index in [0.717, 1.165) is 24.8 Å². The Bertz CT molecular complexity index is 572. The van der Waals surface area contributed by atoms with Crippen molar-refractivity contribution in [1.82, 2.24) is 20.0 Å². The number of ether oxygens (including phenoxy) is 1. The molecule has 7 heteroatoms. The Morgan fingerprint density at radius 1 is 1.23 bits per heavy atom. The van der Waals surface area contributed by atoms with Crippen molar-refractivity contribution in [3.8, 4) is 5.75 Å². The van der Waals surface area contributed by atoms with Gasteiger partial charge in [0, 0.05) is 66.0 Å². The zero-order chi connectivity index (χ0) is 17.6. The molecule has 3 aliphatic rings. The maximum atomic E-state index is 5.51. The minimum absolute atomic E-state index is 0. The molecule has 3 aliphatic heterocycles. The van der Waals surface area contributed by atoms with Crippen molar-refractivity contribution in [3.05, 3.63) is 29.8 Å². The fourth-order valence-corrected chi connectivity index (χ4v) is 3.72. The number of guanidine groups is 1. The van der Waals surface area contributed by atoms with Crippen LogP contribution in [0.15, 0.2) is 29.3 Å². The SMILES string of the molecule is CCOc1ccc(CN(C)C(=NC)NCC2CN3CCN2CC3)cc1.I.